The molecule has 0 bridgehead atoms. The van der Waals surface area contributed by atoms with Crippen molar-refractivity contribution in [1.29, 1.82) is 5.26 Å². The Morgan fingerprint density at radius 3 is 2.90 bits per heavy atom. The Morgan fingerprint density at radius 2 is 2.20 bits per heavy atom. The predicted molar refractivity (Wildman–Crippen MR) is 118 cm³/mol. The van der Waals surface area contributed by atoms with Crippen LogP contribution in [0.3, 0.4) is 0 Å². The van der Waals surface area contributed by atoms with Gasteiger partial charge in [-0.05, 0) is 44.4 Å². The fourth-order valence-corrected chi connectivity index (χ4v) is 4.69. The molecule has 30 heavy (non-hydrogen) atoms. The number of aryl methyl sites for hydroxylation is 1. The molecule has 0 radical (unpaired) electrons. The summed E-state index contributed by atoms with van der Waals surface area (Å²) in [6.45, 7) is 5.31. The van der Waals surface area contributed by atoms with E-state index in [1.807, 2.05) is 54.3 Å². The van der Waals surface area contributed by atoms with Crippen molar-refractivity contribution in [1.82, 2.24) is 14.1 Å². The van der Waals surface area contributed by atoms with Gasteiger partial charge in [-0.2, -0.15) is 5.26 Å². The van der Waals surface area contributed by atoms with Gasteiger partial charge in [0.25, 0.3) is 0 Å². The van der Waals surface area contributed by atoms with Gasteiger partial charge >= 0.3 is 0 Å². The molecule has 0 saturated carbocycles. The first-order valence-corrected chi connectivity index (χ1v) is 11.0. The molecule has 1 fully saturated rings. The highest BCUT2D eigenvalue weighted by Gasteiger charge is 2.24. The van der Waals surface area contributed by atoms with Crippen LogP contribution in [0.2, 0.25) is 0 Å². The molecule has 0 spiro atoms. The fourth-order valence-electron chi connectivity index (χ4n) is 3.90. The number of fused-ring (bicyclic) bond motifs is 1. The van der Waals surface area contributed by atoms with E-state index >= 15 is 0 Å². The fraction of sp³-hybridized carbons (Fsp3) is 0.409. The SMILES string of the molecule is Cc1c(C#N)c(NC(=O)CSc2nc3ccccc3n2C)n(C[C@H]2CCCO2)c1C. The number of nitrogens with zero attached hydrogens (tertiary/aromatic N) is 4. The molecule has 1 aliphatic heterocycles. The number of hydrogen-bond donors (Lipinski definition) is 1. The molecular weight excluding hydrogens is 398 g/mol. The van der Waals surface area contributed by atoms with E-state index in [0.717, 1.165) is 46.9 Å². The standard InChI is InChI=1S/C22H25N5O2S/c1-14-15(2)27(12-16-7-6-10-29-16)21(17(14)11-23)25-20(28)13-30-22-24-18-8-4-5-9-19(18)26(22)3/h4-5,8-9,16H,6-7,10,12-13H2,1-3H3,(H,25,28)/t16-/m1/s1. The predicted octanol–water partition coefficient (Wildman–Crippen LogP) is 3.77. The normalized spacial score (nSPS) is 16.1. The van der Waals surface area contributed by atoms with Gasteiger partial charge in [-0.1, -0.05) is 23.9 Å². The lowest BCUT2D eigenvalue weighted by Gasteiger charge is -2.16. The topological polar surface area (TPSA) is 84.9 Å². The number of nitrogens with one attached hydrogen (secondary N) is 1. The highest BCUT2D eigenvalue weighted by Crippen LogP contribution is 2.29. The van der Waals surface area contributed by atoms with Crippen LogP contribution in [0.5, 0.6) is 0 Å². The number of aromatic nitrogens is 3. The molecule has 3 aromatic rings. The van der Waals surface area contributed by atoms with E-state index in [1.165, 1.54) is 11.8 Å². The summed E-state index contributed by atoms with van der Waals surface area (Å²) in [7, 11) is 1.95. The van der Waals surface area contributed by atoms with E-state index in [-0.39, 0.29) is 17.8 Å². The Bertz CT molecular complexity index is 1130. The first-order chi connectivity index (χ1) is 14.5. The van der Waals surface area contributed by atoms with Crippen molar-refractivity contribution in [3.8, 4) is 6.07 Å². The highest BCUT2D eigenvalue weighted by molar-refractivity contribution is 7.99. The van der Waals surface area contributed by atoms with Crippen LogP contribution in [-0.2, 0) is 23.1 Å². The Hall–Kier alpha value is -2.76. The van der Waals surface area contributed by atoms with Gasteiger partial charge in [0.2, 0.25) is 5.91 Å². The van der Waals surface area contributed by atoms with E-state index in [4.69, 9.17) is 4.74 Å². The number of thioether (sulfide) groups is 1. The lowest BCUT2D eigenvalue weighted by molar-refractivity contribution is -0.113. The van der Waals surface area contributed by atoms with Crippen molar-refractivity contribution in [2.45, 2.75) is 44.5 Å². The second kappa shape index (κ2) is 8.54. The van der Waals surface area contributed by atoms with Crippen LogP contribution >= 0.6 is 11.8 Å². The molecule has 4 rings (SSSR count). The van der Waals surface area contributed by atoms with Gasteiger partial charge in [0.15, 0.2) is 5.16 Å². The quantitative estimate of drug-likeness (QED) is 0.610. The third kappa shape index (κ3) is 3.83. The molecule has 1 saturated heterocycles. The summed E-state index contributed by atoms with van der Waals surface area (Å²) in [6, 6.07) is 10.2. The lowest BCUT2D eigenvalue weighted by Crippen LogP contribution is -2.22. The number of ether oxygens (including phenoxy) is 1. The number of para-hydroxylation sites is 2. The molecule has 8 heteroatoms. The molecule has 3 heterocycles. The molecule has 1 atom stereocenters. The minimum Gasteiger partial charge on any atom is -0.376 e. The Balaban J connectivity index is 1.51. The van der Waals surface area contributed by atoms with Gasteiger partial charge in [0, 0.05) is 19.3 Å². The van der Waals surface area contributed by atoms with Gasteiger partial charge in [0.05, 0.1) is 35.0 Å². The third-order valence-corrected chi connectivity index (χ3v) is 6.72. The van der Waals surface area contributed by atoms with E-state index in [1.54, 1.807) is 0 Å². The van der Waals surface area contributed by atoms with Gasteiger partial charge in [-0.3, -0.25) is 4.79 Å². The number of nitriles is 1. The Kier molecular flexibility index (Phi) is 5.84. The molecule has 7 nitrogen and oxygen atoms in total. The van der Waals surface area contributed by atoms with Crippen LogP contribution in [0, 0.1) is 25.2 Å². The van der Waals surface area contributed by atoms with Crippen molar-refractivity contribution in [2.75, 3.05) is 17.7 Å². The number of carbonyl (C=O) groups excluding carboxylic acids is 1. The Labute approximate surface area is 180 Å². The number of amides is 1. The summed E-state index contributed by atoms with van der Waals surface area (Å²) in [6.07, 6.45) is 2.16. The maximum atomic E-state index is 12.8. The summed E-state index contributed by atoms with van der Waals surface area (Å²) >= 11 is 1.39. The molecule has 1 amide bonds. The van der Waals surface area contributed by atoms with Gasteiger partial charge < -0.3 is 19.2 Å². The molecular formula is C22H25N5O2S. The maximum absolute atomic E-state index is 12.8. The smallest absolute Gasteiger partial charge is 0.235 e. The monoisotopic (exact) mass is 423 g/mol. The number of imidazole rings is 1. The lowest BCUT2D eigenvalue weighted by atomic mass is 10.2. The van der Waals surface area contributed by atoms with Crippen molar-refractivity contribution < 1.29 is 9.53 Å². The number of anilines is 1. The second-order valence-electron chi connectivity index (χ2n) is 7.57. The summed E-state index contributed by atoms with van der Waals surface area (Å²) in [5, 5.41) is 13.4. The van der Waals surface area contributed by atoms with Crippen LogP contribution in [0.1, 0.15) is 29.7 Å². The second-order valence-corrected chi connectivity index (χ2v) is 8.51. The van der Waals surface area contributed by atoms with Crippen LogP contribution in [0.15, 0.2) is 29.4 Å². The molecule has 1 N–H and O–H groups in total. The van der Waals surface area contributed by atoms with E-state index in [9.17, 15) is 10.1 Å². The Morgan fingerprint density at radius 1 is 1.40 bits per heavy atom. The van der Waals surface area contributed by atoms with E-state index in [2.05, 4.69) is 16.4 Å². The van der Waals surface area contributed by atoms with E-state index in [0.29, 0.717) is 17.9 Å². The minimum atomic E-state index is -0.158. The number of rotatable bonds is 6. The zero-order chi connectivity index (χ0) is 21.3. The average Bonchev–Trinajstić information content (AvgIpc) is 3.42. The van der Waals surface area contributed by atoms with Crippen molar-refractivity contribution in [3.05, 3.63) is 41.1 Å². The first kappa shape index (κ1) is 20.5. The van der Waals surface area contributed by atoms with E-state index < -0.39 is 0 Å². The maximum Gasteiger partial charge on any atom is 0.235 e. The summed E-state index contributed by atoms with van der Waals surface area (Å²) in [5.74, 6) is 0.624. The zero-order valence-electron chi connectivity index (χ0n) is 17.4. The zero-order valence-corrected chi connectivity index (χ0v) is 18.3. The van der Waals surface area contributed by atoms with Crippen LogP contribution in [0.4, 0.5) is 5.82 Å². The number of hydrogen-bond acceptors (Lipinski definition) is 5. The van der Waals surface area contributed by atoms with Crippen LogP contribution < -0.4 is 5.32 Å². The van der Waals surface area contributed by atoms with Crippen LogP contribution in [0.25, 0.3) is 11.0 Å². The summed E-state index contributed by atoms with van der Waals surface area (Å²) in [5.41, 5.74) is 4.34. The molecule has 0 aliphatic carbocycles. The van der Waals surface area contributed by atoms with Crippen molar-refractivity contribution >= 4 is 34.5 Å². The van der Waals surface area contributed by atoms with Gasteiger partial charge in [-0.15, -0.1) is 0 Å². The minimum absolute atomic E-state index is 0.118. The van der Waals surface area contributed by atoms with Crippen molar-refractivity contribution in [3.63, 3.8) is 0 Å². The average molecular weight is 424 g/mol. The van der Waals surface area contributed by atoms with Crippen LogP contribution in [-0.4, -0.2) is 38.5 Å². The summed E-state index contributed by atoms with van der Waals surface area (Å²) < 4.78 is 9.77. The van der Waals surface area contributed by atoms with Gasteiger partial charge in [-0.25, -0.2) is 4.98 Å². The third-order valence-electron chi connectivity index (χ3n) is 5.69. The van der Waals surface area contributed by atoms with Crippen molar-refractivity contribution in [2.24, 2.45) is 7.05 Å². The molecule has 0 unspecified atom stereocenters. The largest absolute Gasteiger partial charge is 0.376 e. The molecule has 1 aromatic carbocycles. The number of carbonyl (C=O) groups is 1. The molecule has 156 valence electrons. The number of benzene rings is 1. The first-order valence-electron chi connectivity index (χ1n) is 10.0. The highest BCUT2D eigenvalue weighted by atomic mass is 32.2. The summed E-state index contributed by atoms with van der Waals surface area (Å²) in [4.78, 5) is 17.4. The molecule has 1 aliphatic rings. The molecule has 2 aromatic heterocycles. The van der Waals surface area contributed by atoms with Gasteiger partial charge in [0.1, 0.15) is 11.9 Å².